The van der Waals surface area contributed by atoms with Gasteiger partial charge in [-0.25, -0.2) is 4.68 Å². The molecule has 0 unspecified atom stereocenters. The second-order valence-corrected chi connectivity index (χ2v) is 6.47. The van der Waals surface area contributed by atoms with Crippen LogP contribution in [0.25, 0.3) is 0 Å². The summed E-state index contributed by atoms with van der Waals surface area (Å²) in [4.78, 5) is 26.2. The van der Waals surface area contributed by atoms with Crippen LogP contribution in [0.2, 0.25) is 0 Å². The fourth-order valence-electron chi connectivity index (χ4n) is 2.77. The van der Waals surface area contributed by atoms with Gasteiger partial charge in [-0.1, -0.05) is 19.9 Å². The minimum Gasteiger partial charge on any atom is -0.490 e. The Balaban J connectivity index is 2.24. The molecule has 0 aliphatic heterocycles. The first-order chi connectivity index (χ1) is 13.5. The number of carbonyl (C=O) groups excluding carboxylic acids is 1. The Hall–Kier alpha value is -2.83. The highest BCUT2D eigenvalue weighted by atomic mass is 16.5. The molecule has 1 amide bonds. The molecule has 0 N–H and O–H groups in total. The molecule has 0 spiro atoms. The Kier molecular flexibility index (Phi) is 8.04. The zero-order valence-electron chi connectivity index (χ0n) is 17.1. The van der Waals surface area contributed by atoms with Crippen LogP contribution < -0.4 is 15.0 Å². The van der Waals surface area contributed by atoms with Gasteiger partial charge in [0.1, 0.15) is 5.69 Å². The van der Waals surface area contributed by atoms with E-state index in [2.05, 4.69) is 12.0 Å². The molecule has 0 radical (unpaired) electrons. The summed E-state index contributed by atoms with van der Waals surface area (Å²) in [5.41, 5.74) is 0.949. The molecule has 1 aromatic heterocycles. The van der Waals surface area contributed by atoms with Gasteiger partial charge in [-0.05, 0) is 43.5 Å². The van der Waals surface area contributed by atoms with Crippen LogP contribution >= 0.6 is 0 Å². The monoisotopic (exact) mass is 387 g/mol. The SMILES string of the molecule is CCCOc1ccc(CN(CCC)C(=O)c2ccc(=O)n(C)n2)cc1OCC. The van der Waals surface area contributed by atoms with E-state index in [1.165, 1.54) is 23.9 Å². The second-order valence-electron chi connectivity index (χ2n) is 6.47. The minimum absolute atomic E-state index is 0.207. The van der Waals surface area contributed by atoms with Crippen LogP contribution in [0.15, 0.2) is 35.1 Å². The lowest BCUT2D eigenvalue weighted by atomic mass is 10.1. The van der Waals surface area contributed by atoms with Crippen LogP contribution in [-0.2, 0) is 13.6 Å². The van der Waals surface area contributed by atoms with Crippen molar-refractivity contribution in [2.45, 2.75) is 40.2 Å². The number of hydrogen-bond acceptors (Lipinski definition) is 5. The molecule has 2 rings (SSSR count). The standard InChI is InChI=1S/C21H29N3O4/c1-5-12-24(21(26)17-9-11-20(25)23(4)22-17)15-16-8-10-18(28-13-6-2)19(14-16)27-7-3/h8-11,14H,5-7,12-13,15H2,1-4H3. The summed E-state index contributed by atoms with van der Waals surface area (Å²) in [6.45, 7) is 8.16. The van der Waals surface area contributed by atoms with E-state index in [0.717, 1.165) is 18.4 Å². The summed E-state index contributed by atoms with van der Waals surface area (Å²) < 4.78 is 12.6. The number of rotatable bonds is 10. The molecule has 0 fully saturated rings. The van der Waals surface area contributed by atoms with Crippen molar-refractivity contribution in [3.63, 3.8) is 0 Å². The molecule has 7 heteroatoms. The Bertz CT molecular complexity index is 848. The van der Waals surface area contributed by atoms with E-state index >= 15 is 0 Å². The zero-order chi connectivity index (χ0) is 20.5. The first kappa shape index (κ1) is 21.5. The van der Waals surface area contributed by atoms with Crippen LogP contribution in [0.3, 0.4) is 0 Å². The second kappa shape index (κ2) is 10.5. The fourth-order valence-corrected chi connectivity index (χ4v) is 2.77. The lowest BCUT2D eigenvalue weighted by Gasteiger charge is -2.22. The topological polar surface area (TPSA) is 73.7 Å². The third-order valence-corrected chi connectivity index (χ3v) is 4.10. The van der Waals surface area contributed by atoms with E-state index in [0.29, 0.717) is 37.8 Å². The van der Waals surface area contributed by atoms with Crippen LogP contribution in [0.5, 0.6) is 11.5 Å². The van der Waals surface area contributed by atoms with Gasteiger partial charge in [0.15, 0.2) is 11.5 Å². The van der Waals surface area contributed by atoms with Crippen molar-refractivity contribution in [2.75, 3.05) is 19.8 Å². The van der Waals surface area contributed by atoms with Crippen molar-refractivity contribution >= 4 is 5.91 Å². The van der Waals surface area contributed by atoms with Gasteiger partial charge in [0.2, 0.25) is 0 Å². The number of hydrogen-bond donors (Lipinski definition) is 0. The predicted molar refractivity (Wildman–Crippen MR) is 108 cm³/mol. The maximum atomic E-state index is 12.9. The number of ether oxygens (including phenoxy) is 2. The molecule has 0 saturated carbocycles. The normalized spacial score (nSPS) is 10.6. The minimum atomic E-state index is -0.248. The summed E-state index contributed by atoms with van der Waals surface area (Å²) in [7, 11) is 1.53. The molecule has 1 heterocycles. The van der Waals surface area contributed by atoms with Crippen molar-refractivity contribution in [1.82, 2.24) is 14.7 Å². The first-order valence-corrected chi connectivity index (χ1v) is 9.72. The van der Waals surface area contributed by atoms with Crippen LogP contribution in [-0.4, -0.2) is 40.3 Å². The number of aryl methyl sites for hydroxylation is 1. The van der Waals surface area contributed by atoms with Crippen molar-refractivity contribution in [3.8, 4) is 11.5 Å². The lowest BCUT2D eigenvalue weighted by molar-refractivity contribution is 0.0734. The third kappa shape index (κ3) is 5.58. The van der Waals surface area contributed by atoms with Crippen molar-refractivity contribution in [2.24, 2.45) is 7.05 Å². The van der Waals surface area contributed by atoms with E-state index in [4.69, 9.17) is 9.47 Å². The van der Waals surface area contributed by atoms with Gasteiger partial charge in [0, 0.05) is 26.2 Å². The van der Waals surface area contributed by atoms with E-state index in [9.17, 15) is 9.59 Å². The highest BCUT2D eigenvalue weighted by molar-refractivity contribution is 5.92. The first-order valence-electron chi connectivity index (χ1n) is 9.72. The highest BCUT2D eigenvalue weighted by Crippen LogP contribution is 2.29. The number of carbonyl (C=O) groups is 1. The lowest BCUT2D eigenvalue weighted by Crippen LogP contribution is -2.33. The van der Waals surface area contributed by atoms with E-state index in [1.54, 1.807) is 4.90 Å². The molecule has 7 nitrogen and oxygen atoms in total. The molecule has 2 aromatic rings. The van der Waals surface area contributed by atoms with Crippen LogP contribution in [0.1, 0.15) is 49.7 Å². The number of amides is 1. The molecule has 0 bridgehead atoms. The van der Waals surface area contributed by atoms with Crippen LogP contribution in [0.4, 0.5) is 0 Å². The number of nitrogens with zero attached hydrogens (tertiary/aromatic N) is 3. The summed E-state index contributed by atoms with van der Waals surface area (Å²) in [6.07, 6.45) is 1.73. The average molecular weight is 387 g/mol. The highest BCUT2D eigenvalue weighted by Gasteiger charge is 2.18. The molecule has 0 saturated heterocycles. The van der Waals surface area contributed by atoms with Gasteiger partial charge in [0.25, 0.3) is 11.5 Å². The Morgan fingerprint density at radius 3 is 2.50 bits per heavy atom. The largest absolute Gasteiger partial charge is 0.490 e. The predicted octanol–water partition coefficient (Wildman–Crippen LogP) is 3.02. The van der Waals surface area contributed by atoms with Crippen LogP contribution in [0, 0.1) is 0 Å². The zero-order valence-corrected chi connectivity index (χ0v) is 17.1. The van der Waals surface area contributed by atoms with Gasteiger partial charge in [-0.3, -0.25) is 9.59 Å². The number of aromatic nitrogens is 2. The Labute approximate surface area is 165 Å². The molecule has 0 atom stereocenters. The van der Waals surface area contributed by atoms with Gasteiger partial charge in [-0.15, -0.1) is 0 Å². The molecule has 0 aliphatic carbocycles. The van der Waals surface area contributed by atoms with E-state index < -0.39 is 0 Å². The average Bonchev–Trinajstić information content (AvgIpc) is 2.69. The smallest absolute Gasteiger partial charge is 0.274 e. The number of benzene rings is 1. The van der Waals surface area contributed by atoms with Crippen molar-refractivity contribution in [3.05, 3.63) is 51.9 Å². The molecule has 1 aromatic carbocycles. The summed E-state index contributed by atoms with van der Waals surface area (Å²) in [5, 5.41) is 4.08. The molecular formula is C21H29N3O4. The van der Waals surface area contributed by atoms with Gasteiger partial charge < -0.3 is 14.4 Å². The van der Waals surface area contributed by atoms with E-state index in [-0.39, 0.29) is 17.2 Å². The molecule has 152 valence electrons. The summed E-state index contributed by atoms with van der Waals surface area (Å²) in [5.74, 6) is 1.18. The van der Waals surface area contributed by atoms with Gasteiger partial charge >= 0.3 is 0 Å². The Morgan fingerprint density at radius 1 is 1.07 bits per heavy atom. The Morgan fingerprint density at radius 2 is 1.86 bits per heavy atom. The summed E-state index contributed by atoms with van der Waals surface area (Å²) >= 11 is 0. The van der Waals surface area contributed by atoms with Crippen molar-refractivity contribution < 1.29 is 14.3 Å². The summed E-state index contributed by atoms with van der Waals surface area (Å²) in [6, 6.07) is 8.57. The van der Waals surface area contributed by atoms with Gasteiger partial charge in [-0.2, -0.15) is 5.10 Å². The molecule has 28 heavy (non-hydrogen) atoms. The van der Waals surface area contributed by atoms with E-state index in [1.807, 2.05) is 32.0 Å². The molecular weight excluding hydrogens is 358 g/mol. The third-order valence-electron chi connectivity index (χ3n) is 4.10. The maximum absolute atomic E-state index is 12.9. The molecule has 0 aliphatic rings. The van der Waals surface area contributed by atoms with Crippen molar-refractivity contribution in [1.29, 1.82) is 0 Å². The fraction of sp³-hybridized carbons (Fsp3) is 0.476. The van der Waals surface area contributed by atoms with Gasteiger partial charge in [0.05, 0.1) is 13.2 Å². The maximum Gasteiger partial charge on any atom is 0.274 e. The quantitative estimate of drug-likeness (QED) is 0.626.